The minimum absolute atomic E-state index is 0.0648. The Kier molecular flexibility index (Phi) is 3.74. The van der Waals surface area contributed by atoms with Crippen LogP contribution in [0.25, 0.3) is 0 Å². The number of oxime groups is 1. The van der Waals surface area contributed by atoms with Gasteiger partial charge in [0, 0.05) is 18.6 Å². The molecule has 1 unspecified atom stereocenters. The number of hydrogen-bond donors (Lipinski definition) is 0. The van der Waals surface area contributed by atoms with Crippen molar-refractivity contribution in [3.8, 4) is 5.75 Å². The molecule has 0 radical (unpaired) electrons. The lowest BCUT2D eigenvalue weighted by Crippen LogP contribution is -2.02. The molecule has 112 valence electrons. The van der Waals surface area contributed by atoms with Crippen molar-refractivity contribution in [3.63, 3.8) is 0 Å². The average molecular weight is 298 g/mol. The van der Waals surface area contributed by atoms with E-state index in [9.17, 15) is 10.1 Å². The van der Waals surface area contributed by atoms with E-state index in [0.29, 0.717) is 6.42 Å². The Bertz CT molecular complexity index is 708. The van der Waals surface area contributed by atoms with Gasteiger partial charge in [0.2, 0.25) is 0 Å². The highest BCUT2D eigenvalue weighted by Crippen LogP contribution is 2.30. The van der Waals surface area contributed by atoms with Crippen LogP contribution in [0.15, 0.2) is 53.7 Å². The summed E-state index contributed by atoms with van der Waals surface area (Å²) < 4.78 is 5.13. The normalized spacial score (nSPS) is 16.8. The fourth-order valence-corrected chi connectivity index (χ4v) is 2.32. The van der Waals surface area contributed by atoms with E-state index in [1.54, 1.807) is 19.2 Å². The number of ether oxygens (including phenoxy) is 1. The van der Waals surface area contributed by atoms with Gasteiger partial charge in [-0.05, 0) is 35.4 Å². The molecule has 0 bridgehead atoms. The highest BCUT2D eigenvalue weighted by Gasteiger charge is 2.24. The number of nitrogens with zero attached hydrogens (tertiary/aromatic N) is 2. The second kappa shape index (κ2) is 5.85. The molecule has 1 heterocycles. The molecule has 2 aromatic carbocycles. The first kappa shape index (κ1) is 14.1. The fourth-order valence-electron chi connectivity index (χ4n) is 2.32. The average Bonchev–Trinajstić information content (AvgIpc) is 3.05. The van der Waals surface area contributed by atoms with Crippen LogP contribution in [0.2, 0.25) is 0 Å². The van der Waals surface area contributed by atoms with Crippen molar-refractivity contribution in [3.05, 3.63) is 69.8 Å². The molecule has 0 aromatic heterocycles. The number of methoxy groups -OCH3 is 1. The molecule has 0 saturated heterocycles. The highest BCUT2D eigenvalue weighted by molar-refractivity contribution is 6.01. The Morgan fingerprint density at radius 2 is 1.86 bits per heavy atom. The van der Waals surface area contributed by atoms with E-state index in [-0.39, 0.29) is 11.8 Å². The van der Waals surface area contributed by atoms with Crippen LogP contribution in [0.5, 0.6) is 5.75 Å². The second-order valence-electron chi connectivity index (χ2n) is 4.91. The largest absolute Gasteiger partial charge is 0.497 e. The lowest BCUT2D eigenvalue weighted by Gasteiger charge is -2.09. The molecular weight excluding hydrogens is 284 g/mol. The van der Waals surface area contributed by atoms with Gasteiger partial charge in [-0.3, -0.25) is 10.1 Å². The van der Waals surface area contributed by atoms with Gasteiger partial charge >= 0.3 is 0 Å². The predicted molar refractivity (Wildman–Crippen MR) is 81.1 cm³/mol. The molecule has 0 fully saturated rings. The summed E-state index contributed by atoms with van der Waals surface area (Å²) in [6.07, 6.45) is 0.487. The maximum Gasteiger partial charge on any atom is 0.269 e. The van der Waals surface area contributed by atoms with Crippen molar-refractivity contribution in [1.82, 2.24) is 0 Å². The van der Waals surface area contributed by atoms with Crippen molar-refractivity contribution in [2.24, 2.45) is 5.16 Å². The van der Waals surface area contributed by atoms with Gasteiger partial charge in [-0.1, -0.05) is 17.3 Å². The first-order valence-electron chi connectivity index (χ1n) is 6.79. The quantitative estimate of drug-likeness (QED) is 0.640. The fraction of sp³-hybridized carbons (Fsp3) is 0.188. The van der Waals surface area contributed by atoms with Gasteiger partial charge in [0.15, 0.2) is 6.10 Å². The molecule has 6 heteroatoms. The third-order valence-corrected chi connectivity index (χ3v) is 3.57. The second-order valence-corrected chi connectivity index (χ2v) is 4.91. The number of nitro groups is 1. The summed E-state index contributed by atoms with van der Waals surface area (Å²) in [5.41, 5.74) is 2.70. The van der Waals surface area contributed by atoms with E-state index < -0.39 is 4.92 Å². The van der Waals surface area contributed by atoms with E-state index in [4.69, 9.17) is 9.57 Å². The molecule has 1 aliphatic heterocycles. The maximum absolute atomic E-state index is 10.7. The molecule has 22 heavy (non-hydrogen) atoms. The minimum Gasteiger partial charge on any atom is -0.497 e. The minimum atomic E-state index is -0.420. The summed E-state index contributed by atoms with van der Waals surface area (Å²) in [7, 11) is 1.62. The summed E-state index contributed by atoms with van der Waals surface area (Å²) >= 11 is 0. The Hall–Kier alpha value is -2.89. The van der Waals surface area contributed by atoms with Crippen LogP contribution >= 0.6 is 0 Å². The van der Waals surface area contributed by atoms with Crippen LogP contribution in [0.1, 0.15) is 23.7 Å². The SMILES string of the molecule is COc1ccc(C2CC(c3ccc([N+](=O)[O-])cc3)=NO2)cc1. The molecule has 2 aromatic rings. The van der Waals surface area contributed by atoms with Crippen LogP contribution in [-0.4, -0.2) is 17.7 Å². The summed E-state index contributed by atoms with van der Waals surface area (Å²) in [5, 5.41) is 14.8. The van der Waals surface area contributed by atoms with Crippen LogP contribution in [-0.2, 0) is 4.84 Å². The number of hydrogen-bond acceptors (Lipinski definition) is 5. The molecule has 1 atom stereocenters. The van der Waals surface area contributed by atoms with Crippen molar-refractivity contribution in [2.45, 2.75) is 12.5 Å². The lowest BCUT2D eigenvalue weighted by atomic mass is 10.00. The molecule has 0 N–H and O–H groups in total. The predicted octanol–water partition coefficient (Wildman–Crippen LogP) is 3.47. The highest BCUT2D eigenvalue weighted by atomic mass is 16.6. The topological polar surface area (TPSA) is 74.0 Å². The van der Waals surface area contributed by atoms with E-state index in [0.717, 1.165) is 22.6 Å². The monoisotopic (exact) mass is 298 g/mol. The van der Waals surface area contributed by atoms with Gasteiger partial charge < -0.3 is 9.57 Å². The van der Waals surface area contributed by atoms with Gasteiger partial charge in [-0.2, -0.15) is 0 Å². The first-order chi connectivity index (χ1) is 10.7. The third-order valence-electron chi connectivity index (χ3n) is 3.57. The summed E-state index contributed by atoms with van der Waals surface area (Å²) in [6.45, 7) is 0. The molecule has 6 nitrogen and oxygen atoms in total. The summed E-state index contributed by atoms with van der Waals surface area (Å²) in [4.78, 5) is 15.7. The van der Waals surface area contributed by atoms with Crippen molar-refractivity contribution in [1.29, 1.82) is 0 Å². The molecule has 3 rings (SSSR count). The zero-order chi connectivity index (χ0) is 15.5. The standard InChI is InChI=1S/C16H14N2O4/c1-21-14-8-4-12(5-9-14)16-10-15(17-22-16)11-2-6-13(7-3-11)18(19)20/h2-9,16H,10H2,1H3. The van der Waals surface area contributed by atoms with E-state index in [1.165, 1.54) is 12.1 Å². The van der Waals surface area contributed by atoms with Gasteiger partial charge in [-0.15, -0.1) is 0 Å². The smallest absolute Gasteiger partial charge is 0.269 e. The third kappa shape index (κ3) is 2.76. The van der Waals surface area contributed by atoms with E-state index >= 15 is 0 Å². The van der Waals surface area contributed by atoms with Crippen LogP contribution in [0, 0.1) is 10.1 Å². The van der Waals surface area contributed by atoms with Gasteiger partial charge in [0.05, 0.1) is 17.7 Å². The van der Waals surface area contributed by atoms with Gasteiger partial charge in [0.1, 0.15) is 5.75 Å². The Morgan fingerprint density at radius 1 is 1.18 bits per heavy atom. The van der Waals surface area contributed by atoms with Gasteiger partial charge in [-0.25, -0.2) is 0 Å². The number of rotatable bonds is 4. The molecule has 0 aliphatic carbocycles. The van der Waals surface area contributed by atoms with Crippen LogP contribution < -0.4 is 4.74 Å². The van der Waals surface area contributed by atoms with Crippen molar-refractivity contribution in [2.75, 3.05) is 7.11 Å². The summed E-state index contributed by atoms with van der Waals surface area (Å²) in [5.74, 6) is 0.790. The maximum atomic E-state index is 10.7. The summed E-state index contributed by atoms with van der Waals surface area (Å²) in [6, 6.07) is 14.0. The van der Waals surface area contributed by atoms with Crippen LogP contribution in [0.4, 0.5) is 5.69 Å². The molecule has 1 aliphatic rings. The first-order valence-corrected chi connectivity index (χ1v) is 6.79. The Balaban J connectivity index is 1.71. The molecule has 0 spiro atoms. The van der Waals surface area contributed by atoms with Crippen molar-refractivity contribution >= 4 is 11.4 Å². The molecular formula is C16H14N2O4. The van der Waals surface area contributed by atoms with Crippen molar-refractivity contribution < 1.29 is 14.5 Å². The zero-order valence-corrected chi connectivity index (χ0v) is 11.9. The number of non-ortho nitro benzene ring substituents is 1. The van der Waals surface area contributed by atoms with E-state index in [2.05, 4.69) is 5.16 Å². The van der Waals surface area contributed by atoms with Gasteiger partial charge in [0.25, 0.3) is 5.69 Å². The number of benzene rings is 2. The van der Waals surface area contributed by atoms with E-state index in [1.807, 2.05) is 24.3 Å². The lowest BCUT2D eigenvalue weighted by molar-refractivity contribution is -0.384. The Labute approximate surface area is 127 Å². The molecule has 0 amide bonds. The molecule has 0 saturated carbocycles. The zero-order valence-electron chi connectivity index (χ0n) is 11.9. The van der Waals surface area contributed by atoms with Crippen LogP contribution in [0.3, 0.4) is 0 Å². The number of nitro benzene ring substituents is 1. The Morgan fingerprint density at radius 3 is 2.45 bits per heavy atom.